The standard InChI is InChI=1S/C22H18O4S/c1-4-19(23)25-21-15-9-7-8-10-16(15)22(26-20(24)5-2)18-13-14(27-6-3)11-12-17(18)21/h4-5,7-13H,1-2,6H2,3H3. The van der Waals surface area contributed by atoms with Gasteiger partial charge < -0.3 is 9.47 Å². The molecule has 5 heteroatoms. The number of hydrogen-bond donors (Lipinski definition) is 0. The van der Waals surface area contributed by atoms with Crippen molar-refractivity contribution < 1.29 is 19.1 Å². The molecule has 0 heterocycles. The summed E-state index contributed by atoms with van der Waals surface area (Å²) in [6.45, 7) is 9.00. The van der Waals surface area contributed by atoms with Crippen LogP contribution in [0.2, 0.25) is 0 Å². The average Bonchev–Trinajstić information content (AvgIpc) is 2.70. The zero-order valence-corrected chi connectivity index (χ0v) is 15.7. The third-order valence-corrected chi connectivity index (χ3v) is 4.82. The van der Waals surface area contributed by atoms with Crippen LogP contribution in [0.1, 0.15) is 6.92 Å². The van der Waals surface area contributed by atoms with Crippen LogP contribution in [0.3, 0.4) is 0 Å². The van der Waals surface area contributed by atoms with Gasteiger partial charge in [-0.3, -0.25) is 0 Å². The molecule has 0 aliphatic heterocycles. The number of carbonyl (C=O) groups is 2. The summed E-state index contributed by atoms with van der Waals surface area (Å²) < 4.78 is 11.1. The van der Waals surface area contributed by atoms with Gasteiger partial charge in [0.25, 0.3) is 0 Å². The van der Waals surface area contributed by atoms with E-state index in [9.17, 15) is 9.59 Å². The van der Waals surface area contributed by atoms with E-state index in [1.54, 1.807) is 11.8 Å². The number of carbonyl (C=O) groups excluding carboxylic acids is 2. The van der Waals surface area contributed by atoms with Crippen molar-refractivity contribution in [3.63, 3.8) is 0 Å². The molecular formula is C22H18O4S. The lowest BCUT2D eigenvalue weighted by Gasteiger charge is -2.16. The van der Waals surface area contributed by atoms with Crippen LogP contribution in [-0.4, -0.2) is 17.7 Å². The normalized spacial score (nSPS) is 10.6. The van der Waals surface area contributed by atoms with E-state index < -0.39 is 11.9 Å². The maximum atomic E-state index is 11.9. The first kappa shape index (κ1) is 18.7. The molecule has 0 saturated heterocycles. The SMILES string of the molecule is C=CC(=O)Oc1c2ccccc2c(OC(=O)C=C)c2cc(SCC)ccc12. The Morgan fingerprint density at radius 1 is 0.889 bits per heavy atom. The Balaban J connectivity index is 2.40. The lowest BCUT2D eigenvalue weighted by Crippen LogP contribution is -2.07. The van der Waals surface area contributed by atoms with E-state index in [-0.39, 0.29) is 0 Å². The van der Waals surface area contributed by atoms with Crippen molar-refractivity contribution in [1.29, 1.82) is 0 Å². The van der Waals surface area contributed by atoms with E-state index in [1.165, 1.54) is 0 Å². The molecule has 3 aromatic carbocycles. The summed E-state index contributed by atoms with van der Waals surface area (Å²) in [4.78, 5) is 24.9. The monoisotopic (exact) mass is 378 g/mol. The van der Waals surface area contributed by atoms with Gasteiger partial charge in [0.05, 0.1) is 0 Å². The second kappa shape index (κ2) is 8.10. The Hall–Kier alpha value is -3.05. The smallest absolute Gasteiger partial charge is 0.335 e. The molecule has 0 radical (unpaired) electrons. The molecule has 0 amide bonds. The first-order valence-corrected chi connectivity index (χ1v) is 9.37. The summed E-state index contributed by atoms with van der Waals surface area (Å²) in [5.74, 6) is 0.633. The molecule has 0 aliphatic rings. The van der Waals surface area contributed by atoms with E-state index in [1.807, 2.05) is 42.5 Å². The van der Waals surface area contributed by atoms with Crippen molar-refractivity contribution in [3.05, 3.63) is 67.8 Å². The quantitative estimate of drug-likeness (QED) is 0.192. The highest BCUT2D eigenvalue weighted by Gasteiger charge is 2.19. The second-order valence-electron chi connectivity index (χ2n) is 5.59. The van der Waals surface area contributed by atoms with Gasteiger partial charge in [-0.25, -0.2) is 9.59 Å². The Labute approximate surface area is 161 Å². The van der Waals surface area contributed by atoms with Crippen LogP contribution in [-0.2, 0) is 9.59 Å². The maximum Gasteiger partial charge on any atom is 0.335 e. The van der Waals surface area contributed by atoms with Gasteiger partial charge in [0, 0.05) is 38.6 Å². The molecule has 27 heavy (non-hydrogen) atoms. The number of thioether (sulfide) groups is 1. The summed E-state index contributed by atoms with van der Waals surface area (Å²) >= 11 is 1.67. The summed E-state index contributed by atoms with van der Waals surface area (Å²) in [5.41, 5.74) is 0. The van der Waals surface area contributed by atoms with E-state index in [0.29, 0.717) is 33.0 Å². The van der Waals surface area contributed by atoms with Gasteiger partial charge in [0.1, 0.15) is 11.5 Å². The molecule has 3 aromatic rings. The summed E-state index contributed by atoms with van der Waals surface area (Å²) in [6.07, 6.45) is 2.24. The molecule has 0 spiro atoms. The van der Waals surface area contributed by atoms with Crippen molar-refractivity contribution in [2.24, 2.45) is 0 Å². The zero-order valence-electron chi connectivity index (χ0n) is 14.9. The molecule has 136 valence electrons. The highest BCUT2D eigenvalue weighted by molar-refractivity contribution is 7.99. The van der Waals surface area contributed by atoms with Crippen LogP contribution in [0.15, 0.2) is 72.7 Å². The zero-order chi connectivity index (χ0) is 19.4. The number of ether oxygens (including phenoxy) is 2. The van der Waals surface area contributed by atoms with Crippen LogP contribution in [0.25, 0.3) is 21.5 Å². The van der Waals surface area contributed by atoms with Gasteiger partial charge in [-0.15, -0.1) is 11.8 Å². The number of hydrogen-bond acceptors (Lipinski definition) is 5. The molecule has 0 fully saturated rings. The summed E-state index contributed by atoms with van der Waals surface area (Å²) in [7, 11) is 0. The lowest BCUT2D eigenvalue weighted by molar-refractivity contribution is -0.129. The van der Waals surface area contributed by atoms with E-state index in [2.05, 4.69) is 20.1 Å². The molecule has 0 atom stereocenters. The average molecular weight is 378 g/mol. The predicted octanol–water partition coefficient (Wildman–Crippen LogP) is 5.29. The summed E-state index contributed by atoms with van der Waals surface area (Å²) in [5, 5.41) is 2.71. The van der Waals surface area contributed by atoms with Gasteiger partial charge in [-0.05, 0) is 24.0 Å². The van der Waals surface area contributed by atoms with Crippen molar-refractivity contribution in [2.75, 3.05) is 5.75 Å². The highest BCUT2D eigenvalue weighted by Crippen LogP contribution is 2.44. The number of fused-ring (bicyclic) bond motifs is 2. The molecule has 0 saturated carbocycles. The third-order valence-electron chi connectivity index (χ3n) is 3.95. The first-order valence-electron chi connectivity index (χ1n) is 8.38. The Morgan fingerprint density at radius 2 is 1.41 bits per heavy atom. The number of rotatable bonds is 6. The Morgan fingerprint density at radius 3 is 1.93 bits per heavy atom. The minimum absolute atomic E-state index is 0.414. The molecule has 0 aromatic heterocycles. The van der Waals surface area contributed by atoms with Crippen LogP contribution in [0, 0.1) is 0 Å². The van der Waals surface area contributed by atoms with Gasteiger partial charge in [-0.2, -0.15) is 0 Å². The van der Waals surface area contributed by atoms with Crippen molar-refractivity contribution in [3.8, 4) is 11.5 Å². The highest BCUT2D eigenvalue weighted by atomic mass is 32.2. The molecule has 4 nitrogen and oxygen atoms in total. The van der Waals surface area contributed by atoms with Crippen LogP contribution >= 0.6 is 11.8 Å². The largest absolute Gasteiger partial charge is 0.422 e. The van der Waals surface area contributed by atoms with Gasteiger partial charge >= 0.3 is 11.9 Å². The van der Waals surface area contributed by atoms with Crippen LogP contribution in [0.4, 0.5) is 0 Å². The molecular weight excluding hydrogens is 360 g/mol. The fourth-order valence-corrected chi connectivity index (χ4v) is 3.54. The molecule has 0 N–H and O–H groups in total. The van der Waals surface area contributed by atoms with Crippen molar-refractivity contribution >= 4 is 45.2 Å². The minimum Gasteiger partial charge on any atom is -0.422 e. The second-order valence-corrected chi connectivity index (χ2v) is 6.93. The van der Waals surface area contributed by atoms with Crippen molar-refractivity contribution in [1.82, 2.24) is 0 Å². The van der Waals surface area contributed by atoms with E-state index >= 15 is 0 Å². The van der Waals surface area contributed by atoms with Crippen LogP contribution < -0.4 is 9.47 Å². The maximum absolute atomic E-state index is 11.9. The number of esters is 2. The summed E-state index contributed by atoms with van der Waals surface area (Å²) in [6, 6.07) is 13.1. The minimum atomic E-state index is -0.552. The fourth-order valence-electron chi connectivity index (χ4n) is 2.84. The van der Waals surface area contributed by atoms with E-state index in [4.69, 9.17) is 9.47 Å². The predicted molar refractivity (Wildman–Crippen MR) is 110 cm³/mol. The topological polar surface area (TPSA) is 52.6 Å². The Kier molecular flexibility index (Phi) is 5.62. The lowest BCUT2D eigenvalue weighted by atomic mass is 10.0. The fraction of sp³-hybridized carbons (Fsp3) is 0.0909. The Bertz CT molecular complexity index is 1070. The van der Waals surface area contributed by atoms with Crippen LogP contribution in [0.5, 0.6) is 11.5 Å². The van der Waals surface area contributed by atoms with Crippen molar-refractivity contribution in [2.45, 2.75) is 11.8 Å². The third kappa shape index (κ3) is 3.73. The number of benzene rings is 3. The molecule has 3 rings (SSSR count). The van der Waals surface area contributed by atoms with Gasteiger partial charge in [0.2, 0.25) is 0 Å². The molecule has 0 aliphatic carbocycles. The molecule has 0 unspecified atom stereocenters. The van der Waals surface area contributed by atoms with Gasteiger partial charge in [-0.1, -0.05) is 44.3 Å². The molecule has 0 bridgehead atoms. The van der Waals surface area contributed by atoms with E-state index in [0.717, 1.165) is 22.8 Å². The first-order chi connectivity index (χ1) is 13.1. The van der Waals surface area contributed by atoms with Gasteiger partial charge in [0.15, 0.2) is 0 Å².